The Balaban J connectivity index is 2.39. The number of hydrogen-bond acceptors (Lipinski definition) is 3. The molecule has 0 aromatic carbocycles. The third-order valence-corrected chi connectivity index (χ3v) is 3.43. The van der Waals surface area contributed by atoms with Crippen LogP contribution in [-0.2, 0) is 9.59 Å². The first-order chi connectivity index (χ1) is 8.99. The zero-order valence-electron chi connectivity index (χ0n) is 12.0. The average Bonchev–Trinajstić information content (AvgIpc) is 2.35. The summed E-state index contributed by atoms with van der Waals surface area (Å²) < 4.78 is 0. The first kappa shape index (κ1) is 16.0. The van der Waals surface area contributed by atoms with E-state index in [-0.39, 0.29) is 12.5 Å². The van der Waals surface area contributed by atoms with Crippen molar-refractivity contribution in [2.45, 2.75) is 39.5 Å². The quantitative estimate of drug-likeness (QED) is 0.732. The van der Waals surface area contributed by atoms with E-state index in [1.807, 2.05) is 13.8 Å². The standard InChI is InChI=1S/C14H26N2O3/c1-11(2)9-16(10-14(18)19)13(17)6-5-12-4-3-7-15-8-12/h11-12,15H,3-10H2,1-2H3,(H,18,19). The molecule has 1 saturated heterocycles. The van der Waals surface area contributed by atoms with E-state index in [4.69, 9.17) is 5.11 Å². The predicted octanol–water partition coefficient (Wildman–Crippen LogP) is 1.34. The van der Waals surface area contributed by atoms with Crippen molar-refractivity contribution in [3.05, 3.63) is 0 Å². The van der Waals surface area contributed by atoms with Gasteiger partial charge in [0.05, 0.1) is 0 Å². The third-order valence-electron chi connectivity index (χ3n) is 3.43. The van der Waals surface area contributed by atoms with E-state index in [1.54, 1.807) is 0 Å². The highest BCUT2D eigenvalue weighted by molar-refractivity contribution is 5.81. The highest BCUT2D eigenvalue weighted by atomic mass is 16.4. The molecule has 1 aliphatic heterocycles. The van der Waals surface area contributed by atoms with Crippen LogP contribution in [0.5, 0.6) is 0 Å². The van der Waals surface area contributed by atoms with Gasteiger partial charge in [-0.3, -0.25) is 9.59 Å². The molecule has 0 radical (unpaired) electrons. The molecule has 0 spiro atoms. The summed E-state index contributed by atoms with van der Waals surface area (Å²) in [5.41, 5.74) is 0. The van der Waals surface area contributed by atoms with Crippen LogP contribution >= 0.6 is 0 Å². The van der Waals surface area contributed by atoms with Gasteiger partial charge in [0.1, 0.15) is 6.54 Å². The number of carboxylic acids is 1. The van der Waals surface area contributed by atoms with Crippen LogP contribution in [0.1, 0.15) is 39.5 Å². The fraction of sp³-hybridized carbons (Fsp3) is 0.857. The van der Waals surface area contributed by atoms with E-state index in [0.717, 1.165) is 19.5 Å². The number of rotatable bonds is 7. The van der Waals surface area contributed by atoms with E-state index in [0.29, 0.717) is 24.8 Å². The number of amides is 1. The zero-order valence-corrected chi connectivity index (χ0v) is 12.0. The first-order valence-corrected chi connectivity index (χ1v) is 7.19. The van der Waals surface area contributed by atoms with E-state index in [2.05, 4.69) is 5.32 Å². The minimum absolute atomic E-state index is 0.0262. The molecule has 1 aliphatic rings. The van der Waals surface area contributed by atoms with Crippen LogP contribution in [0, 0.1) is 11.8 Å². The van der Waals surface area contributed by atoms with Crippen molar-refractivity contribution in [3.63, 3.8) is 0 Å². The van der Waals surface area contributed by atoms with Gasteiger partial charge in [0.25, 0.3) is 0 Å². The molecule has 1 fully saturated rings. The fourth-order valence-electron chi connectivity index (χ4n) is 2.51. The van der Waals surface area contributed by atoms with Gasteiger partial charge in [-0.05, 0) is 44.2 Å². The maximum atomic E-state index is 12.1. The number of nitrogens with zero attached hydrogens (tertiary/aromatic N) is 1. The number of piperidine rings is 1. The summed E-state index contributed by atoms with van der Waals surface area (Å²) in [7, 11) is 0. The van der Waals surface area contributed by atoms with Gasteiger partial charge in [0, 0.05) is 13.0 Å². The van der Waals surface area contributed by atoms with Gasteiger partial charge in [-0.15, -0.1) is 0 Å². The lowest BCUT2D eigenvalue weighted by molar-refractivity contribution is -0.145. The van der Waals surface area contributed by atoms with Gasteiger partial charge in [0.2, 0.25) is 5.91 Å². The molecule has 5 heteroatoms. The Bertz CT molecular complexity index is 299. The SMILES string of the molecule is CC(C)CN(CC(=O)O)C(=O)CCC1CCCNC1. The highest BCUT2D eigenvalue weighted by Crippen LogP contribution is 2.16. The molecule has 5 nitrogen and oxygen atoms in total. The van der Waals surface area contributed by atoms with E-state index < -0.39 is 5.97 Å². The van der Waals surface area contributed by atoms with Crippen molar-refractivity contribution >= 4 is 11.9 Å². The molecule has 0 saturated carbocycles. The molecule has 2 N–H and O–H groups in total. The Morgan fingerprint density at radius 3 is 2.68 bits per heavy atom. The Kier molecular flexibility index (Phi) is 6.84. The Labute approximate surface area is 115 Å². The number of carbonyl (C=O) groups is 2. The normalized spacial score (nSPS) is 19.4. The van der Waals surface area contributed by atoms with E-state index >= 15 is 0 Å². The maximum absolute atomic E-state index is 12.1. The molecular weight excluding hydrogens is 244 g/mol. The topological polar surface area (TPSA) is 69.6 Å². The van der Waals surface area contributed by atoms with Gasteiger partial charge < -0.3 is 15.3 Å². The monoisotopic (exact) mass is 270 g/mol. The molecule has 19 heavy (non-hydrogen) atoms. The minimum Gasteiger partial charge on any atom is -0.480 e. The lowest BCUT2D eigenvalue weighted by Gasteiger charge is -2.25. The van der Waals surface area contributed by atoms with Crippen LogP contribution in [0.2, 0.25) is 0 Å². The Morgan fingerprint density at radius 2 is 2.16 bits per heavy atom. The van der Waals surface area contributed by atoms with E-state index in [9.17, 15) is 9.59 Å². The Morgan fingerprint density at radius 1 is 1.42 bits per heavy atom. The van der Waals surface area contributed by atoms with Crippen molar-refractivity contribution < 1.29 is 14.7 Å². The summed E-state index contributed by atoms with van der Waals surface area (Å²) in [6.45, 7) is 6.38. The molecule has 0 aromatic heterocycles. The second kappa shape index (κ2) is 8.15. The number of aliphatic carboxylic acids is 1. The van der Waals surface area contributed by atoms with Crippen LogP contribution < -0.4 is 5.32 Å². The second-order valence-corrected chi connectivity index (χ2v) is 5.81. The van der Waals surface area contributed by atoms with Crippen molar-refractivity contribution in [3.8, 4) is 0 Å². The average molecular weight is 270 g/mol. The second-order valence-electron chi connectivity index (χ2n) is 5.81. The van der Waals surface area contributed by atoms with Gasteiger partial charge in [0.15, 0.2) is 0 Å². The summed E-state index contributed by atoms with van der Waals surface area (Å²) in [4.78, 5) is 24.4. The van der Waals surface area contributed by atoms with Gasteiger partial charge in [-0.25, -0.2) is 0 Å². The van der Waals surface area contributed by atoms with Crippen molar-refractivity contribution in [2.24, 2.45) is 11.8 Å². The molecule has 1 atom stereocenters. The lowest BCUT2D eigenvalue weighted by Crippen LogP contribution is -2.38. The number of carboxylic acid groups (broad SMARTS) is 1. The highest BCUT2D eigenvalue weighted by Gasteiger charge is 2.20. The molecule has 1 rings (SSSR count). The number of carbonyl (C=O) groups excluding carboxylic acids is 1. The van der Waals surface area contributed by atoms with Crippen molar-refractivity contribution in [1.82, 2.24) is 10.2 Å². The molecule has 0 aliphatic carbocycles. The third kappa shape index (κ3) is 6.57. The smallest absolute Gasteiger partial charge is 0.323 e. The summed E-state index contributed by atoms with van der Waals surface area (Å²) in [6.07, 6.45) is 3.67. The molecule has 110 valence electrons. The number of hydrogen-bond donors (Lipinski definition) is 2. The zero-order chi connectivity index (χ0) is 14.3. The van der Waals surface area contributed by atoms with Gasteiger partial charge in [-0.2, -0.15) is 0 Å². The molecule has 1 heterocycles. The summed E-state index contributed by atoms with van der Waals surface area (Å²) >= 11 is 0. The summed E-state index contributed by atoms with van der Waals surface area (Å²) in [5.74, 6) is -0.113. The molecule has 0 bridgehead atoms. The van der Waals surface area contributed by atoms with E-state index in [1.165, 1.54) is 17.7 Å². The largest absolute Gasteiger partial charge is 0.480 e. The van der Waals surface area contributed by atoms with Gasteiger partial charge >= 0.3 is 5.97 Å². The minimum atomic E-state index is -0.937. The van der Waals surface area contributed by atoms with Crippen molar-refractivity contribution in [2.75, 3.05) is 26.2 Å². The molecular formula is C14H26N2O3. The van der Waals surface area contributed by atoms with Crippen molar-refractivity contribution in [1.29, 1.82) is 0 Å². The van der Waals surface area contributed by atoms with Gasteiger partial charge in [-0.1, -0.05) is 13.8 Å². The first-order valence-electron chi connectivity index (χ1n) is 7.19. The van der Waals surface area contributed by atoms with Crippen LogP contribution in [0.25, 0.3) is 0 Å². The molecule has 0 aromatic rings. The number of nitrogens with one attached hydrogen (secondary N) is 1. The van der Waals surface area contributed by atoms with Crippen LogP contribution in [0.4, 0.5) is 0 Å². The van der Waals surface area contributed by atoms with Crippen LogP contribution in [0.3, 0.4) is 0 Å². The molecule has 1 unspecified atom stereocenters. The summed E-state index contributed by atoms with van der Waals surface area (Å²) in [5, 5.41) is 12.2. The lowest BCUT2D eigenvalue weighted by atomic mass is 9.94. The van der Waals surface area contributed by atoms with Crippen LogP contribution in [0.15, 0.2) is 0 Å². The maximum Gasteiger partial charge on any atom is 0.323 e. The fourth-order valence-corrected chi connectivity index (χ4v) is 2.51. The van der Waals surface area contributed by atoms with Crippen LogP contribution in [-0.4, -0.2) is 48.1 Å². The predicted molar refractivity (Wildman–Crippen MR) is 73.9 cm³/mol. The summed E-state index contributed by atoms with van der Waals surface area (Å²) in [6, 6.07) is 0. The Hall–Kier alpha value is -1.10. The molecule has 1 amide bonds.